The second kappa shape index (κ2) is 6.25. The van der Waals surface area contributed by atoms with Gasteiger partial charge in [-0.2, -0.15) is 0 Å². The summed E-state index contributed by atoms with van der Waals surface area (Å²) in [4.78, 5) is 12.2. The summed E-state index contributed by atoms with van der Waals surface area (Å²) in [6.07, 6.45) is 5.23. The van der Waals surface area contributed by atoms with E-state index in [1.54, 1.807) is 11.3 Å². The van der Waals surface area contributed by atoms with Gasteiger partial charge < -0.3 is 14.9 Å². The lowest BCUT2D eigenvalue weighted by Crippen LogP contribution is -2.48. The zero-order valence-corrected chi connectivity index (χ0v) is 14.5. The maximum atomic E-state index is 10.7. The Bertz CT molecular complexity index is 900. The van der Waals surface area contributed by atoms with Crippen molar-refractivity contribution in [2.24, 2.45) is 0 Å². The summed E-state index contributed by atoms with van der Waals surface area (Å²) in [6.45, 7) is 1.97. The van der Waals surface area contributed by atoms with E-state index in [-0.39, 0.29) is 12.1 Å². The van der Waals surface area contributed by atoms with Crippen molar-refractivity contribution in [2.45, 2.75) is 31.8 Å². The molecule has 0 aromatic carbocycles. The predicted octanol–water partition coefficient (Wildman–Crippen LogP) is 2.32. The number of H-pyrrole nitrogens is 1. The van der Waals surface area contributed by atoms with Crippen molar-refractivity contribution >= 4 is 39.3 Å². The van der Waals surface area contributed by atoms with Gasteiger partial charge in [-0.3, -0.25) is 4.21 Å². The van der Waals surface area contributed by atoms with Crippen LogP contribution in [0.15, 0.2) is 23.8 Å². The van der Waals surface area contributed by atoms with Gasteiger partial charge in [-0.25, -0.2) is 14.7 Å². The van der Waals surface area contributed by atoms with Crippen molar-refractivity contribution in [1.29, 1.82) is 0 Å². The predicted molar refractivity (Wildman–Crippen MR) is 94.4 cm³/mol. The van der Waals surface area contributed by atoms with Gasteiger partial charge in [0, 0.05) is 52.2 Å². The molecule has 0 saturated heterocycles. The van der Waals surface area contributed by atoms with Crippen LogP contribution in [0, 0.1) is 6.92 Å². The normalized spacial score (nSPS) is 21.6. The highest BCUT2D eigenvalue weighted by molar-refractivity contribution is 7.77. The Morgan fingerprint density at radius 2 is 2.25 bits per heavy atom. The first-order valence-corrected chi connectivity index (χ1v) is 9.56. The molecule has 4 rings (SSSR count). The van der Waals surface area contributed by atoms with Crippen LogP contribution in [-0.2, 0) is 11.3 Å². The molecule has 0 spiro atoms. The molecule has 3 aromatic rings. The van der Waals surface area contributed by atoms with Crippen LogP contribution >= 0.6 is 11.3 Å². The molecular weight excluding hydrogens is 346 g/mol. The maximum absolute atomic E-state index is 10.7. The number of aryl methyl sites for hydroxylation is 1. The average Bonchev–Trinajstić information content (AvgIpc) is 3.13. The monoisotopic (exact) mass is 362 g/mol. The summed E-state index contributed by atoms with van der Waals surface area (Å²) in [6, 6.07) is 2.23. The van der Waals surface area contributed by atoms with Crippen LogP contribution in [0.4, 0.5) is 5.69 Å². The Kier molecular flexibility index (Phi) is 4.09. The van der Waals surface area contributed by atoms with Crippen LogP contribution in [0.25, 0.3) is 21.6 Å². The van der Waals surface area contributed by atoms with Crippen LogP contribution in [-0.4, -0.2) is 35.8 Å². The number of hydrogen-bond donors (Lipinski definition) is 3. The van der Waals surface area contributed by atoms with Gasteiger partial charge in [0.05, 0.1) is 11.3 Å². The van der Waals surface area contributed by atoms with E-state index in [0.717, 1.165) is 45.8 Å². The second-order valence-electron chi connectivity index (χ2n) is 5.94. The molecule has 24 heavy (non-hydrogen) atoms. The van der Waals surface area contributed by atoms with Gasteiger partial charge in [-0.15, -0.1) is 11.3 Å². The SMILES string of the molecule is Cc1csc(-c2cnc3[nH]ccc3c2NC2CC(NS(=O)[O-])C2)n1. The van der Waals surface area contributed by atoms with E-state index < -0.39 is 11.3 Å². The van der Waals surface area contributed by atoms with Gasteiger partial charge in [0.1, 0.15) is 10.7 Å². The number of anilines is 1. The first-order valence-electron chi connectivity index (χ1n) is 7.60. The minimum absolute atomic E-state index is 0.00921. The van der Waals surface area contributed by atoms with Crippen LogP contribution in [0.2, 0.25) is 0 Å². The van der Waals surface area contributed by atoms with Crippen LogP contribution in [0.3, 0.4) is 0 Å². The average molecular weight is 362 g/mol. The lowest BCUT2D eigenvalue weighted by Gasteiger charge is -2.37. The number of aromatic amines is 1. The van der Waals surface area contributed by atoms with Gasteiger partial charge in [0.2, 0.25) is 0 Å². The van der Waals surface area contributed by atoms with E-state index in [0.29, 0.717) is 0 Å². The topological polar surface area (TPSA) is 106 Å². The highest BCUT2D eigenvalue weighted by atomic mass is 32.2. The third-order valence-corrected chi connectivity index (χ3v) is 5.70. The second-order valence-corrected chi connectivity index (χ2v) is 7.51. The summed E-state index contributed by atoms with van der Waals surface area (Å²) in [7, 11) is 0. The molecule has 1 aliphatic carbocycles. The number of rotatable bonds is 5. The molecule has 1 saturated carbocycles. The molecule has 0 bridgehead atoms. The first-order chi connectivity index (χ1) is 11.6. The molecule has 0 amide bonds. The molecule has 126 valence electrons. The summed E-state index contributed by atoms with van der Waals surface area (Å²) in [5.74, 6) is 0. The Balaban J connectivity index is 1.63. The fourth-order valence-electron chi connectivity index (χ4n) is 2.98. The van der Waals surface area contributed by atoms with E-state index in [1.807, 2.05) is 30.8 Å². The first kappa shape index (κ1) is 15.7. The van der Waals surface area contributed by atoms with Crippen molar-refractivity contribution in [3.8, 4) is 10.6 Å². The molecule has 3 aromatic heterocycles. The zero-order chi connectivity index (χ0) is 16.7. The van der Waals surface area contributed by atoms with Crippen molar-refractivity contribution in [1.82, 2.24) is 19.7 Å². The standard InChI is InChI=1S/C15H17N5O2S2/c1-8-7-23-15(18-8)12-6-17-14-11(2-3-16-14)13(12)19-9-4-10(5-9)20-24(21)22/h2-3,6-7,9-10,20H,4-5H2,1H3,(H,21,22)(H2,16,17,19)/p-1. The van der Waals surface area contributed by atoms with Crippen LogP contribution in [0.1, 0.15) is 18.5 Å². The molecule has 1 fully saturated rings. The Hall–Kier alpha value is -1.81. The van der Waals surface area contributed by atoms with E-state index in [1.165, 1.54) is 0 Å². The fourth-order valence-corrected chi connectivity index (χ4v) is 4.25. The van der Waals surface area contributed by atoms with E-state index in [2.05, 4.69) is 25.0 Å². The molecule has 1 aliphatic rings. The van der Waals surface area contributed by atoms with Crippen molar-refractivity contribution < 1.29 is 8.76 Å². The molecule has 0 aliphatic heterocycles. The minimum atomic E-state index is -2.20. The number of pyridine rings is 1. The van der Waals surface area contributed by atoms with E-state index in [4.69, 9.17) is 0 Å². The molecule has 3 heterocycles. The van der Waals surface area contributed by atoms with Gasteiger partial charge in [0.15, 0.2) is 0 Å². The zero-order valence-electron chi connectivity index (χ0n) is 12.9. The summed E-state index contributed by atoms with van der Waals surface area (Å²) in [5, 5.41) is 7.52. The summed E-state index contributed by atoms with van der Waals surface area (Å²) >= 11 is -0.610. The van der Waals surface area contributed by atoms with Crippen molar-refractivity contribution in [3.05, 3.63) is 29.5 Å². The number of fused-ring (bicyclic) bond motifs is 1. The van der Waals surface area contributed by atoms with Crippen molar-refractivity contribution in [3.63, 3.8) is 0 Å². The van der Waals surface area contributed by atoms with Gasteiger partial charge >= 0.3 is 0 Å². The lowest BCUT2D eigenvalue weighted by atomic mass is 9.87. The van der Waals surface area contributed by atoms with Crippen molar-refractivity contribution in [2.75, 3.05) is 5.32 Å². The third-order valence-electron chi connectivity index (χ3n) is 4.19. The highest BCUT2D eigenvalue weighted by Gasteiger charge is 2.30. The van der Waals surface area contributed by atoms with Gasteiger partial charge in [-0.05, 0) is 25.8 Å². The maximum Gasteiger partial charge on any atom is 0.139 e. The quantitative estimate of drug-likeness (QED) is 0.604. The molecule has 3 N–H and O–H groups in total. The third kappa shape index (κ3) is 2.95. The van der Waals surface area contributed by atoms with Gasteiger partial charge in [0.25, 0.3) is 0 Å². The lowest BCUT2D eigenvalue weighted by molar-refractivity contribution is 0.342. The fraction of sp³-hybridized carbons (Fsp3) is 0.333. The molecule has 1 atom stereocenters. The Morgan fingerprint density at radius 3 is 2.96 bits per heavy atom. The molecule has 9 heteroatoms. The Labute approximate surface area is 145 Å². The number of thiazole rings is 1. The van der Waals surface area contributed by atoms with Crippen LogP contribution < -0.4 is 10.0 Å². The number of nitrogens with zero attached hydrogens (tertiary/aromatic N) is 2. The molecular formula is C15H16N5O2S2-. The van der Waals surface area contributed by atoms with E-state index >= 15 is 0 Å². The summed E-state index contributed by atoms with van der Waals surface area (Å²) < 4.78 is 23.9. The largest absolute Gasteiger partial charge is 0.760 e. The Morgan fingerprint density at radius 1 is 1.42 bits per heavy atom. The molecule has 1 unspecified atom stereocenters. The van der Waals surface area contributed by atoms with Gasteiger partial charge in [-0.1, -0.05) is 0 Å². The number of aromatic nitrogens is 3. The minimum Gasteiger partial charge on any atom is -0.760 e. The van der Waals surface area contributed by atoms with E-state index in [9.17, 15) is 8.76 Å². The van der Waals surface area contributed by atoms with Crippen LogP contribution in [0.5, 0.6) is 0 Å². The highest BCUT2D eigenvalue weighted by Crippen LogP contribution is 2.37. The smallest absolute Gasteiger partial charge is 0.139 e. The number of nitrogens with one attached hydrogen (secondary N) is 3. The number of hydrogen-bond acceptors (Lipinski definition) is 6. The molecule has 0 radical (unpaired) electrons. The molecule has 7 nitrogen and oxygen atoms in total. The summed E-state index contributed by atoms with van der Waals surface area (Å²) in [5.41, 5.74) is 3.79.